The van der Waals surface area contributed by atoms with Gasteiger partial charge in [-0.15, -0.1) is 0 Å². The van der Waals surface area contributed by atoms with Crippen LogP contribution in [0.4, 0.5) is 17.6 Å². The number of hydrogen-bond donors (Lipinski definition) is 5. The third-order valence-corrected chi connectivity index (χ3v) is 5.95. The monoisotopic (exact) mass is 531 g/mol. The van der Waals surface area contributed by atoms with Gasteiger partial charge in [0.1, 0.15) is 12.2 Å². The summed E-state index contributed by atoms with van der Waals surface area (Å²) >= 11 is 0. The van der Waals surface area contributed by atoms with Gasteiger partial charge in [-0.05, 0) is 24.5 Å². The molecule has 1 aromatic carbocycles. The van der Waals surface area contributed by atoms with E-state index >= 15 is 0 Å². The molecule has 0 aliphatic carbocycles. The fourth-order valence-corrected chi connectivity index (χ4v) is 3.97. The Kier molecular flexibility index (Phi) is 10.4. The van der Waals surface area contributed by atoms with Crippen LogP contribution in [-0.4, -0.2) is 62.0 Å². The Morgan fingerprint density at radius 1 is 1.11 bits per heavy atom. The fourth-order valence-electron chi connectivity index (χ4n) is 3.97. The molecule has 4 amide bonds. The van der Waals surface area contributed by atoms with E-state index < -0.39 is 72.6 Å². The van der Waals surface area contributed by atoms with Gasteiger partial charge in [-0.2, -0.15) is 13.2 Å². The summed E-state index contributed by atoms with van der Waals surface area (Å²) in [5, 5.41) is 12.3. The standard InChI is InChI=1S/C24H33F4N5O4/c1-12(2)21(23(37)29-4)33-20(35)11-31-19(34)9-17(32-22(36)18-8-14(25)10-30-18)15-6-5-13(3)7-16(15)24(26,27)28/h5-7,12,14,17-18,21,30H,8-11H2,1-4H3,(H,29,37)(H,31,34)(H,32,36)(H,33,35)/t14-,17+,18+,21-/m0/s1. The van der Waals surface area contributed by atoms with Gasteiger partial charge in [0.25, 0.3) is 0 Å². The van der Waals surface area contributed by atoms with Crippen LogP contribution < -0.4 is 26.6 Å². The average molecular weight is 532 g/mol. The Morgan fingerprint density at radius 3 is 2.32 bits per heavy atom. The second kappa shape index (κ2) is 12.8. The topological polar surface area (TPSA) is 128 Å². The molecule has 37 heavy (non-hydrogen) atoms. The summed E-state index contributed by atoms with van der Waals surface area (Å²) in [6.45, 7) is 4.31. The zero-order valence-corrected chi connectivity index (χ0v) is 21.1. The molecule has 5 N–H and O–H groups in total. The molecule has 1 aromatic rings. The maximum atomic E-state index is 13.8. The number of nitrogens with one attached hydrogen (secondary N) is 5. The highest BCUT2D eigenvalue weighted by Gasteiger charge is 2.37. The predicted octanol–water partition coefficient (Wildman–Crippen LogP) is 1.26. The van der Waals surface area contributed by atoms with Gasteiger partial charge in [0.2, 0.25) is 23.6 Å². The number of carbonyl (C=O) groups is 4. The van der Waals surface area contributed by atoms with Crippen molar-refractivity contribution in [2.24, 2.45) is 5.92 Å². The lowest BCUT2D eigenvalue weighted by molar-refractivity contribution is -0.139. The van der Waals surface area contributed by atoms with Gasteiger partial charge < -0.3 is 26.6 Å². The van der Waals surface area contributed by atoms with Crippen molar-refractivity contribution in [1.29, 1.82) is 0 Å². The normalized spacial score (nSPS) is 19.2. The maximum absolute atomic E-state index is 13.8. The quantitative estimate of drug-likeness (QED) is 0.291. The Labute approximate surface area is 212 Å². The summed E-state index contributed by atoms with van der Waals surface area (Å²) in [6, 6.07) is 0.314. The van der Waals surface area contributed by atoms with Gasteiger partial charge in [-0.1, -0.05) is 31.5 Å². The predicted molar refractivity (Wildman–Crippen MR) is 127 cm³/mol. The number of amides is 4. The lowest BCUT2D eigenvalue weighted by atomic mass is 9.95. The Morgan fingerprint density at radius 2 is 1.78 bits per heavy atom. The molecule has 1 heterocycles. The van der Waals surface area contributed by atoms with Crippen molar-refractivity contribution in [1.82, 2.24) is 26.6 Å². The van der Waals surface area contributed by atoms with E-state index in [4.69, 9.17) is 0 Å². The largest absolute Gasteiger partial charge is 0.416 e. The SMILES string of the molecule is CNC(=O)[C@@H](NC(=O)CNC(=O)C[C@@H](NC(=O)[C@H]1C[C@H](F)CN1)c1ccc(C)cc1C(F)(F)F)C(C)C. The highest BCUT2D eigenvalue weighted by atomic mass is 19.4. The number of carbonyl (C=O) groups excluding carboxylic acids is 4. The summed E-state index contributed by atoms with van der Waals surface area (Å²) in [4.78, 5) is 49.5. The van der Waals surface area contributed by atoms with Crippen LogP contribution in [0.3, 0.4) is 0 Å². The summed E-state index contributed by atoms with van der Waals surface area (Å²) in [5.41, 5.74) is -1.02. The van der Waals surface area contributed by atoms with Gasteiger partial charge in [-0.3, -0.25) is 19.2 Å². The molecule has 9 nitrogen and oxygen atoms in total. The van der Waals surface area contributed by atoms with E-state index in [1.165, 1.54) is 26.1 Å². The molecule has 0 aromatic heterocycles. The summed E-state index contributed by atoms with van der Waals surface area (Å²) in [7, 11) is 1.41. The van der Waals surface area contributed by atoms with Crippen LogP contribution in [0.25, 0.3) is 0 Å². The molecular formula is C24H33F4N5O4. The Balaban J connectivity index is 2.18. The minimum absolute atomic E-state index is 0.0654. The highest BCUT2D eigenvalue weighted by molar-refractivity contribution is 5.90. The van der Waals surface area contributed by atoms with Crippen LogP contribution in [0.15, 0.2) is 18.2 Å². The van der Waals surface area contributed by atoms with E-state index in [2.05, 4.69) is 26.6 Å². The summed E-state index contributed by atoms with van der Waals surface area (Å²) < 4.78 is 54.9. The number of likely N-dealkylation sites (N-methyl/N-ethyl adjacent to an activating group) is 1. The molecule has 0 saturated carbocycles. The molecule has 2 rings (SSSR count). The summed E-state index contributed by atoms with van der Waals surface area (Å²) in [5.74, 6) is -2.89. The van der Waals surface area contributed by atoms with Crippen molar-refractivity contribution in [3.8, 4) is 0 Å². The van der Waals surface area contributed by atoms with Crippen molar-refractivity contribution in [3.63, 3.8) is 0 Å². The van der Waals surface area contributed by atoms with Crippen molar-refractivity contribution >= 4 is 23.6 Å². The molecule has 0 bridgehead atoms. The van der Waals surface area contributed by atoms with Gasteiger partial charge in [0.15, 0.2) is 0 Å². The minimum Gasteiger partial charge on any atom is -0.357 e. The Hall–Kier alpha value is -3.22. The maximum Gasteiger partial charge on any atom is 0.416 e. The van der Waals surface area contributed by atoms with Crippen molar-refractivity contribution in [2.75, 3.05) is 20.1 Å². The zero-order valence-electron chi connectivity index (χ0n) is 21.1. The van der Waals surface area contributed by atoms with E-state index in [9.17, 15) is 36.7 Å². The zero-order chi connectivity index (χ0) is 27.9. The number of alkyl halides is 4. The van der Waals surface area contributed by atoms with Crippen molar-refractivity contribution in [3.05, 3.63) is 34.9 Å². The first-order chi connectivity index (χ1) is 17.2. The van der Waals surface area contributed by atoms with Gasteiger partial charge in [0, 0.05) is 20.0 Å². The molecule has 0 unspecified atom stereocenters. The third kappa shape index (κ3) is 8.69. The van der Waals surface area contributed by atoms with Crippen LogP contribution in [-0.2, 0) is 25.4 Å². The number of aryl methyl sites for hydroxylation is 1. The first-order valence-corrected chi connectivity index (χ1v) is 11.9. The van der Waals surface area contributed by atoms with Gasteiger partial charge in [0.05, 0.1) is 30.6 Å². The lowest BCUT2D eigenvalue weighted by Gasteiger charge is -2.25. The fraction of sp³-hybridized carbons (Fsp3) is 0.583. The molecule has 0 radical (unpaired) electrons. The van der Waals surface area contributed by atoms with E-state index in [0.29, 0.717) is 5.56 Å². The molecule has 0 spiro atoms. The molecule has 4 atom stereocenters. The Bertz CT molecular complexity index is 1000. The lowest BCUT2D eigenvalue weighted by Crippen LogP contribution is -2.51. The van der Waals surface area contributed by atoms with Crippen molar-refractivity contribution in [2.45, 2.75) is 64.1 Å². The van der Waals surface area contributed by atoms with E-state index in [1.54, 1.807) is 13.8 Å². The van der Waals surface area contributed by atoms with Crippen LogP contribution in [0.1, 0.15) is 49.4 Å². The molecule has 1 fully saturated rings. The number of rotatable bonds is 10. The van der Waals surface area contributed by atoms with Crippen LogP contribution in [0, 0.1) is 12.8 Å². The third-order valence-electron chi connectivity index (χ3n) is 5.95. The van der Waals surface area contributed by atoms with Crippen LogP contribution >= 0.6 is 0 Å². The van der Waals surface area contributed by atoms with E-state index in [-0.39, 0.29) is 24.4 Å². The molecule has 13 heteroatoms. The first kappa shape index (κ1) is 30.0. The van der Waals surface area contributed by atoms with Crippen LogP contribution in [0.2, 0.25) is 0 Å². The van der Waals surface area contributed by atoms with Gasteiger partial charge in [-0.25, -0.2) is 4.39 Å². The van der Waals surface area contributed by atoms with E-state index in [1.807, 2.05) is 0 Å². The smallest absolute Gasteiger partial charge is 0.357 e. The molecule has 206 valence electrons. The summed E-state index contributed by atoms with van der Waals surface area (Å²) in [6.07, 6.45) is -6.79. The van der Waals surface area contributed by atoms with Gasteiger partial charge >= 0.3 is 6.18 Å². The minimum atomic E-state index is -4.76. The average Bonchev–Trinajstić information content (AvgIpc) is 3.26. The highest BCUT2D eigenvalue weighted by Crippen LogP contribution is 2.36. The van der Waals surface area contributed by atoms with Crippen LogP contribution in [0.5, 0.6) is 0 Å². The molecule has 1 aliphatic rings. The second-order valence-electron chi connectivity index (χ2n) is 9.33. The number of hydrogen-bond acceptors (Lipinski definition) is 5. The number of benzene rings is 1. The molecule has 1 aliphatic heterocycles. The molecule has 1 saturated heterocycles. The van der Waals surface area contributed by atoms with Crippen molar-refractivity contribution < 1.29 is 36.7 Å². The van der Waals surface area contributed by atoms with E-state index in [0.717, 1.165) is 6.07 Å². The number of halogens is 4. The second-order valence-corrected chi connectivity index (χ2v) is 9.33. The first-order valence-electron chi connectivity index (χ1n) is 11.9. The molecular weight excluding hydrogens is 498 g/mol.